The Morgan fingerprint density at radius 2 is 1.77 bits per heavy atom. The van der Waals surface area contributed by atoms with Gasteiger partial charge >= 0.3 is 0 Å². The van der Waals surface area contributed by atoms with E-state index < -0.39 is 10.0 Å². The molecule has 4 nitrogen and oxygen atoms in total. The van der Waals surface area contributed by atoms with Gasteiger partial charge in [0.25, 0.3) is 0 Å². The van der Waals surface area contributed by atoms with Crippen LogP contribution in [-0.4, -0.2) is 30.8 Å². The number of hydrogen-bond acceptors (Lipinski definition) is 2. The van der Waals surface area contributed by atoms with Gasteiger partial charge in [0.15, 0.2) is 0 Å². The largest absolute Gasteiger partial charge is 0.361 e. The van der Waals surface area contributed by atoms with E-state index in [0.717, 1.165) is 28.6 Å². The lowest BCUT2D eigenvalue weighted by atomic mass is 9.98. The van der Waals surface area contributed by atoms with Crippen LogP contribution in [0, 0.1) is 20.8 Å². The highest BCUT2D eigenvalue weighted by Crippen LogP contribution is 2.36. The van der Waals surface area contributed by atoms with E-state index in [1.165, 1.54) is 10.9 Å². The average Bonchev–Trinajstić information content (AvgIpc) is 3.20. The highest BCUT2D eigenvalue weighted by molar-refractivity contribution is 7.89. The first-order valence-electron chi connectivity index (χ1n) is 9.02. The number of sulfonamides is 1. The molecule has 2 aromatic carbocycles. The highest BCUT2D eigenvalue weighted by atomic mass is 32.2. The van der Waals surface area contributed by atoms with Crippen LogP contribution in [0.3, 0.4) is 0 Å². The van der Waals surface area contributed by atoms with Crippen LogP contribution in [0.4, 0.5) is 0 Å². The molecular formula is C21H24N2O2S. The van der Waals surface area contributed by atoms with Crippen molar-refractivity contribution in [2.45, 2.75) is 38.0 Å². The normalized spacial score (nSPS) is 18.7. The van der Waals surface area contributed by atoms with Crippen LogP contribution in [-0.2, 0) is 10.0 Å². The maximum absolute atomic E-state index is 13.3. The van der Waals surface area contributed by atoms with E-state index in [9.17, 15) is 8.42 Å². The number of para-hydroxylation sites is 1. The molecule has 136 valence electrons. The first-order valence-corrected chi connectivity index (χ1v) is 10.5. The lowest BCUT2D eigenvalue weighted by molar-refractivity contribution is 0.472. The minimum Gasteiger partial charge on any atom is -0.361 e. The Hall–Kier alpha value is -2.11. The summed E-state index contributed by atoms with van der Waals surface area (Å²) in [6, 6.07) is 12.1. The van der Waals surface area contributed by atoms with Gasteiger partial charge < -0.3 is 4.98 Å². The van der Waals surface area contributed by atoms with Gasteiger partial charge in [-0.2, -0.15) is 4.31 Å². The highest BCUT2D eigenvalue weighted by Gasteiger charge is 2.35. The number of aromatic amines is 1. The molecule has 0 radical (unpaired) electrons. The topological polar surface area (TPSA) is 53.2 Å². The Bertz CT molecular complexity index is 1060. The van der Waals surface area contributed by atoms with E-state index >= 15 is 0 Å². The number of benzene rings is 2. The molecule has 0 amide bonds. The summed E-state index contributed by atoms with van der Waals surface area (Å²) in [6.45, 7) is 6.88. The van der Waals surface area contributed by atoms with Gasteiger partial charge in [0, 0.05) is 36.1 Å². The molecular weight excluding hydrogens is 344 g/mol. The van der Waals surface area contributed by atoms with Crippen molar-refractivity contribution in [2.75, 3.05) is 13.1 Å². The van der Waals surface area contributed by atoms with Crippen LogP contribution in [0.5, 0.6) is 0 Å². The molecule has 0 bridgehead atoms. The second-order valence-electron chi connectivity index (χ2n) is 7.37. The summed E-state index contributed by atoms with van der Waals surface area (Å²) in [5.74, 6) is 0.229. The molecule has 2 heterocycles. The van der Waals surface area contributed by atoms with E-state index in [1.807, 2.05) is 51.2 Å². The van der Waals surface area contributed by atoms with Crippen molar-refractivity contribution in [1.29, 1.82) is 0 Å². The lowest BCUT2D eigenvalue weighted by Gasteiger charge is -2.20. The van der Waals surface area contributed by atoms with Crippen LogP contribution in [0.25, 0.3) is 10.9 Å². The summed E-state index contributed by atoms with van der Waals surface area (Å²) in [5.41, 5.74) is 5.08. The average molecular weight is 369 g/mol. The number of rotatable bonds is 3. The maximum atomic E-state index is 13.3. The van der Waals surface area contributed by atoms with Crippen molar-refractivity contribution in [3.05, 3.63) is 64.8 Å². The fourth-order valence-electron chi connectivity index (χ4n) is 4.33. The Morgan fingerprint density at radius 3 is 2.50 bits per heavy atom. The van der Waals surface area contributed by atoms with E-state index in [-0.39, 0.29) is 5.92 Å². The molecule has 1 aromatic heterocycles. The van der Waals surface area contributed by atoms with Gasteiger partial charge in [-0.3, -0.25) is 0 Å². The third-order valence-corrected chi connectivity index (χ3v) is 7.59. The van der Waals surface area contributed by atoms with Crippen LogP contribution in [0.15, 0.2) is 47.5 Å². The van der Waals surface area contributed by atoms with Gasteiger partial charge in [-0.05, 0) is 49.9 Å². The summed E-state index contributed by atoms with van der Waals surface area (Å²) in [6.07, 6.45) is 2.89. The predicted octanol–water partition coefficient (Wildman–Crippen LogP) is 4.27. The molecule has 1 aliphatic rings. The fraction of sp³-hybridized carbons (Fsp3) is 0.333. The number of aryl methyl sites for hydroxylation is 3. The first-order chi connectivity index (χ1) is 12.4. The smallest absolute Gasteiger partial charge is 0.243 e. The summed E-state index contributed by atoms with van der Waals surface area (Å²) < 4.78 is 28.2. The van der Waals surface area contributed by atoms with Crippen LogP contribution in [0.2, 0.25) is 0 Å². The first kappa shape index (κ1) is 17.3. The number of fused-ring (bicyclic) bond motifs is 1. The molecule has 5 heteroatoms. The maximum Gasteiger partial charge on any atom is 0.243 e. The Labute approximate surface area is 154 Å². The van der Waals surface area contributed by atoms with Crippen molar-refractivity contribution >= 4 is 20.9 Å². The summed E-state index contributed by atoms with van der Waals surface area (Å²) in [7, 11) is -3.47. The number of H-pyrrole nitrogens is 1. The van der Waals surface area contributed by atoms with Gasteiger partial charge in [-0.1, -0.05) is 35.9 Å². The molecule has 1 unspecified atom stereocenters. The zero-order valence-corrected chi connectivity index (χ0v) is 16.2. The molecule has 26 heavy (non-hydrogen) atoms. The van der Waals surface area contributed by atoms with Gasteiger partial charge in [0.05, 0.1) is 4.90 Å². The van der Waals surface area contributed by atoms with Gasteiger partial charge in [-0.15, -0.1) is 0 Å². The molecule has 4 rings (SSSR count). The van der Waals surface area contributed by atoms with Crippen LogP contribution >= 0.6 is 0 Å². The molecule has 1 fully saturated rings. The number of nitrogens with one attached hydrogen (secondary N) is 1. The van der Waals surface area contributed by atoms with E-state index in [4.69, 9.17) is 0 Å². The fourth-order valence-corrected chi connectivity index (χ4v) is 6.25. The SMILES string of the molecule is Cc1cc(C)c(S(=O)(=O)N2CCC(c3c[nH]c4ccccc34)C2)c(C)c1. The second-order valence-corrected chi connectivity index (χ2v) is 9.24. The molecule has 1 atom stereocenters. The number of nitrogens with zero attached hydrogens (tertiary/aromatic N) is 1. The van der Waals surface area contributed by atoms with Crippen molar-refractivity contribution in [3.63, 3.8) is 0 Å². The third kappa shape index (κ3) is 2.75. The minimum atomic E-state index is -3.47. The molecule has 1 N–H and O–H groups in total. The monoisotopic (exact) mass is 368 g/mol. The van der Waals surface area contributed by atoms with E-state index in [1.54, 1.807) is 4.31 Å². The lowest BCUT2D eigenvalue weighted by Crippen LogP contribution is -2.29. The van der Waals surface area contributed by atoms with Gasteiger partial charge in [-0.25, -0.2) is 8.42 Å². The minimum absolute atomic E-state index is 0.229. The van der Waals surface area contributed by atoms with Crippen molar-refractivity contribution in [2.24, 2.45) is 0 Å². The van der Waals surface area contributed by atoms with Gasteiger partial charge in [0.1, 0.15) is 0 Å². The zero-order valence-electron chi connectivity index (χ0n) is 15.4. The molecule has 0 saturated carbocycles. The molecule has 3 aromatic rings. The van der Waals surface area contributed by atoms with Crippen molar-refractivity contribution in [1.82, 2.24) is 9.29 Å². The molecule has 0 spiro atoms. The number of aromatic nitrogens is 1. The summed E-state index contributed by atoms with van der Waals surface area (Å²) in [5, 5.41) is 1.19. The van der Waals surface area contributed by atoms with E-state index in [2.05, 4.69) is 17.1 Å². The Kier molecular flexibility index (Phi) is 4.16. The summed E-state index contributed by atoms with van der Waals surface area (Å²) in [4.78, 5) is 3.78. The second kappa shape index (κ2) is 6.25. The molecule has 0 aliphatic carbocycles. The predicted molar refractivity (Wildman–Crippen MR) is 105 cm³/mol. The zero-order chi connectivity index (χ0) is 18.5. The summed E-state index contributed by atoms with van der Waals surface area (Å²) >= 11 is 0. The Morgan fingerprint density at radius 1 is 1.08 bits per heavy atom. The molecule has 1 saturated heterocycles. The van der Waals surface area contributed by atoms with Crippen molar-refractivity contribution in [3.8, 4) is 0 Å². The quantitative estimate of drug-likeness (QED) is 0.750. The number of hydrogen-bond donors (Lipinski definition) is 1. The van der Waals surface area contributed by atoms with E-state index in [0.29, 0.717) is 18.0 Å². The van der Waals surface area contributed by atoms with Crippen LogP contribution in [0.1, 0.15) is 34.6 Å². The Balaban J connectivity index is 1.66. The van der Waals surface area contributed by atoms with Gasteiger partial charge in [0.2, 0.25) is 10.0 Å². The molecule has 1 aliphatic heterocycles. The standard InChI is InChI=1S/C21H24N2O2S/c1-14-10-15(2)21(16(3)11-14)26(24,25)23-9-8-17(13-23)19-12-22-20-7-5-4-6-18(19)20/h4-7,10-12,17,22H,8-9,13H2,1-3H3. The van der Waals surface area contributed by atoms with Crippen LogP contribution < -0.4 is 0 Å². The third-order valence-electron chi connectivity index (χ3n) is 5.41. The van der Waals surface area contributed by atoms with Crippen molar-refractivity contribution < 1.29 is 8.42 Å².